The molecular weight excluding hydrogens is 260 g/mol. The van der Waals surface area contributed by atoms with E-state index < -0.39 is 5.41 Å². The Hall–Kier alpha value is -2.13. The van der Waals surface area contributed by atoms with Crippen molar-refractivity contribution < 1.29 is 4.79 Å². The predicted molar refractivity (Wildman–Crippen MR) is 85.0 cm³/mol. The fourth-order valence-electron chi connectivity index (χ4n) is 2.99. The minimum absolute atomic E-state index is 0.154. The van der Waals surface area contributed by atoms with Crippen molar-refractivity contribution in [2.24, 2.45) is 5.73 Å². The van der Waals surface area contributed by atoms with Crippen LogP contribution in [0.1, 0.15) is 30.5 Å². The molecular formula is C18H20N2O. The normalized spacial score (nSPS) is 16.1. The second kappa shape index (κ2) is 5.01. The van der Waals surface area contributed by atoms with E-state index in [2.05, 4.69) is 6.07 Å². The summed E-state index contributed by atoms with van der Waals surface area (Å²) in [5.41, 5.74) is 9.56. The van der Waals surface area contributed by atoms with Crippen LogP contribution in [0.3, 0.4) is 0 Å². The summed E-state index contributed by atoms with van der Waals surface area (Å²) < 4.78 is 0. The van der Waals surface area contributed by atoms with E-state index in [4.69, 9.17) is 5.73 Å². The lowest BCUT2D eigenvalue weighted by atomic mass is 9.86. The third kappa shape index (κ3) is 2.24. The number of hydrogen-bond donors (Lipinski definition) is 1. The van der Waals surface area contributed by atoms with Gasteiger partial charge in [0.15, 0.2) is 0 Å². The Morgan fingerprint density at radius 3 is 2.52 bits per heavy atom. The molecule has 3 rings (SSSR count). The highest BCUT2D eigenvalue weighted by molar-refractivity contribution is 6.07. The molecule has 2 N–H and O–H groups in total. The fraction of sp³-hybridized carbons (Fsp3) is 0.278. The van der Waals surface area contributed by atoms with E-state index in [9.17, 15) is 4.79 Å². The molecule has 0 spiro atoms. The number of amides is 1. The standard InChI is InChI=1S/C18H20N2O/c1-18(2)15-8-3-4-9-16(15)20(17(18)21)12-14-7-5-6-13(10-14)11-19/h3-10H,11-12,19H2,1-2H3. The molecule has 0 saturated heterocycles. The van der Waals surface area contributed by atoms with E-state index in [1.807, 2.05) is 61.2 Å². The third-order valence-corrected chi connectivity index (χ3v) is 4.22. The molecule has 108 valence electrons. The summed E-state index contributed by atoms with van der Waals surface area (Å²) in [5, 5.41) is 0. The van der Waals surface area contributed by atoms with Crippen molar-refractivity contribution >= 4 is 11.6 Å². The number of hydrogen-bond acceptors (Lipinski definition) is 2. The van der Waals surface area contributed by atoms with Gasteiger partial charge in [-0.1, -0.05) is 42.5 Å². The van der Waals surface area contributed by atoms with Crippen LogP contribution in [0.4, 0.5) is 5.69 Å². The van der Waals surface area contributed by atoms with Crippen LogP contribution in [0.2, 0.25) is 0 Å². The SMILES string of the molecule is CC1(C)C(=O)N(Cc2cccc(CN)c2)c2ccccc21. The van der Waals surface area contributed by atoms with Gasteiger partial charge in [-0.15, -0.1) is 0 Å². The van der Waals surface area contributed by atoms with Gasteiger partial charge in [0.05, 0.1) is 12.0 Å². The molecule has 0 unspecified atom stereocenters. The zero-order chi connectivity index (χ0) is 15.0. The van der Waals surface area contributed by atoms with Crippen molar-refractivity contribution in [3.63, 3.8) is 0 Å². The highest BCUT2D eigenvalue weighted by atomic mass is 16.2. The fourth-order valence-corrected chi connectivity index (χ4v) is 2.99. The van der Waals surface area contributed by atoms with Crippen molar-refractivity contribution in [3.05, 3.63) is 65.2 Å². The number of anilines is 1. The van der Waals surface area contributed by atoms with Crippen LogP contribution in [-0.2, 0) is 23.3 Å². The average molecular weight is 280 g/mol. The number of nitrogens with zero attached hydrogens (tertiary/aromatic N) is 1. The van der Waals surface area contributed by atoms with Crippen molar-refractivity contribution in [2.45, 2.75) is 32.4 Å². The Morgan fingerprint density at radius 1 is 1.05 bits per heavy atom. The molecule has 3 heteroatoms. The number of rotatable bonds is 3. The Balaban J connectivity index is 1.97. The Bertz CT molecular complexity index is 691. The van der Waals surface area contributed by atoms with Gasteiger partial charge in [-0.05, 0) is 36.6 Å². The molecule has 1 aliphatic heterocycles. The molecule has 1 aliphatic rings. The molecule has 0 aliphatic carbocycles. The summed E-state index contributed by atoms with van der Waals surface area (Å²) in [4.78, 5) is 14.6. The third-order valence-electron chi connectivity index (χ3n) is 4.22. The lowest BCUT2D eigenvalue weighted by molar-refractivity contribution is -0.122. The van der Waals surface area contributed by atoms with Crippen LogP contribution in [0.15, 0.2) is 48.5 Å². The van der Waals surface area contributed by atoms with Crippen molar-refractivity contribution in [1.82, 2.24) is 0 Å². The minimum atomic E-state index is -0.456. The van der Waals surface area contributed by atoms with Crippen LogP contribution in [0.5, 0.6) is 0 Å². The van der Waals surface area contributed by atoms with Gasteiger partial charge in [-0.25, -0.2) is 0 Å². The summed E-state index contributed by atoms with van der Waals surface area (Å²) in [6, 6.07) is 16.2. The van der Waals surface area contributed by atoms with E-state index in [0.717, 1.165) is 22.4 Å². The molecule has 0 radical (unpaired) electrons. The maximum absolute atomic E-state index is 12.7. The molecule has 0 aromatic heterocycles. The number of carbonyl (C=O) groups is 1. The maximum Gasteiger partial charge on any atom is 0.237 e. The van der Waals surface area contributed by atoms with Gasteiger partial charge >= 0.3 is 0 Å². The first kappa shape index (κ1) is 13.8. The first-order valence-corrected chi connectivity index (χ1v) is 7.23. The molecule has 21 heavy (non-hydrogen) atoms. The van der Waals surface area contributed by atoms with Crippen LogP contribution < -0.4 is 10.6 Å². The molecule has 2 aromatic rings. The molecule has 0 atom stereocenters. The summed E-state index contributed by atoms with van der Waals surface area (Å²) in [6.45, 7) is 5.09. The van der Waals surface area contributed by atoms with Gasteiger partial charge in [-0.3, -0.25) is 4.79 Å². The van der Waals surface area contributed by atoms with Crippen molar-refractivity contribution in [2.75, 3.05) is 4.90 Å². The molecule has 0 saturated carbocycles. The average Bonchev–Trinajstić information content (AvgIpc) is 2.69. The van der Waals surface area contributed by atoms with E-state index >= 15 is 0 Å². The second-order valence-electron chi connectivity index (χ2n) is 6.06. The highest BCUT2D eigenvalue weighted by Crippen LogP contribution is 2.41. The maximum atomic E-state index is 12.7. The van der Waals surface area contributed by atoms with Crippen LogP contribution in [-0.4, -0.2) is 5.91 Å². The van der Waals surface area contributed by atoms with Crippen molar-refractivity contribution in [1.29, 1.82) is 0 Å². The first-order valence-electron chi connectivity index (χ1n) is 7.23. The Labute approximate surface area is 125 Å². The number of nitrogens with two attached hydrogens (primary N) is 1. The van der Waals surface area contributed by atoms with Crippen LogP contribution >= 0.6 is 0 Å². The summed E-state index contributed by atoms with van der Waals surface area (Å²) in [7, 11) is 0. The lowest BCUT2D eigenvalue weighted by Crippen LogP contribution is -2.35. The highest BCUT2D eigenvalue weighted by Gasteiger charge is 2.43. The van der Waals surface area contributed by atoms with Gasteiger partial charge in [0, 0.05) is 12.2 Å². The zero-order valence-corrected chi connectivity index (χ0v) is 12.5. The van der Waals surface area contributed by atoms with Crippen molar-refractivity contribution in [3.8, 4) is 0 Å². The Morgan fingerprint density at radius 2 is 1.76 bits per heavy atom. The van der Waals surface area contributed by atoms with E-state index in [-0.39, 0.29) is 5.91 Å². The first-order chi connectivity index (χ1) is 10.0. The van der Waals surface area contributed by atoms with Crippen LogP contribution in [0, 0.1) is 0 Å². The molecule has 1 amide bonds. The monoisotopic (exact) mass is 280 g/mol. The molecule has 3 nitrogen and oxygen atoms in total. The molecule has 0 fully saturated rings. The number of benzene rings is 2. The van der Waals surface area contributed by atoms with E-state index in [0.29, 0.717) is 13.1 Å². The van der Waals surface area contributed by atoms with Gasteiger partial charge < -0.3 is 10.6 Å². The van der Waals surface area contributed by atoms with E-state index in [1.54, 1.807) is 0 Å². The number of para-hydroxylation sites is 1. The second-order valence-corrected chi connectivity index (χ2v) is 6.06. The largest absolute Gasteiger partial charge is 0.326 e. The Kier molecular flexibility index (Phi) is 3.30. The van der Waals surface area contributed by atoms with Gasteiger partial charge in [0.2, 0.25) is 5.91 Å². The quantitative estimate of drug-likeness (QED) is 0.939. The summed E-state index contributed by atoms with van der Waals surface area (Å²) >= 11 is 0. The van der Waals surface area contributed by atoms with Crippen LogP contribution in [0.25, 0.3) is 0 Å². The minimum Gasteiger partial charge on any atom is -0.326 e. The van der Waals surface area contributed by atoms with E-state index in [1.165, 1.54) is 0 Å². The summed E-state index contributed by atoms with van der Waals surface area (Å²) in [6.07, 6.45) is 0. The topological polar surface area (TPSA) is 46.3 Å². The number of fused-ring (bicyclic) bond motifs is 1. The van der Waals surface area contributed by atoms with Gasteiger partial charge in [-0.2, -0.15) is 0 Å². The molecule has 0 bridgehead atoms. The smallest absolute Gasteiger partial charge is 0.237 e. The molecule has 1 heterocycles. The zero-order valence-electron chi connectivity index (χ0n) is 12.5. The number of carbonyl (C=O) groups excluding carboxylic acids is 1. The predicted octanol–water partition coefficient (Wildman–Crippen LogP) is 2.97. The molecule has 2 aromatic carbocycles. The van der Waals surface area contributed by atoms with Gasteiger partial charge in [0.1, 0.15) is 0 Å². The summed E-state index contributed by atoms with van der Waals surface area (Å²) in [5.74, 6) is 0.154. The van der Waals surface area contributed by atoms with Gasteiger partial charge in [0.25, 0.3) is 0 Å². The lowest BCUT2D eigenvalue weighted by Gasteiger charge is -2.20.